The lowest BCUT2D eigenvalue weighted by Crippen LogP contribution is -2.57. The highest BCUT2D eigenvalue weighted by Gasteiger charge is 2.46. The van der Waals surface area contributed by atoms with Crippen molar-refractivity contribution < 1.29 is 4.79 Å². The van der Waals surface area contributed by atoms with E-state index in [9.17, 15) is 4.79 Å². The van der Waals surface area contributed by atoms with Crippen LogP contribution >= 0.6 is 0 Å². The van der Waals surface area contributed by atoms with Crippen LogP contribution in [0.3, 0.4) is 0 Å². The van der Waals surface area contributed by atoms with Gasteiger partial charge in [-0.05, 0) is 58.9 Å². The molecule has 4 nitrogen and oxygen atoms in total. The summed E-state index contributed by atoms with van der Waals surface area (Å²) in [6, 6.07) is 1.53. The molecule has 1 amide bonds. The predicted octanol–water partition coefficient (Wildman–Crippen LogP) is 2.03. The molecule has 0 aromatic carbocycles. The Labute approximate surface area is 123 Å². The van der Waals surface area contributed by atoms with Crippen molar-refractivity contribution in [3.63, 3.8) is 0 Å². The maximum Gasteiger partial charge on any atom is 0.237 e. The molecule has 1 heterocycles. The predicted molar refractivity (Wildman–Crippen MR) is 82.5 cm³/mol. The number of piperidine rings is 1. The number of hydrogen-bond acceptors (Lipinski definition) is 3. The normalized spacial score (nSPS) is 35.6. The molecule has 0 aromatic heterocycles. The fourth-order valence-electron chi connectivity index (χ4n) is 4.22. The minimum Gasteiger partial charge on any atom is -0.368 e. The van der Waals surface area contributed by atoms with E-state index in [1.165, 1.54) is 32.2 Å². The van der Waals surface area contributed by atoms with Crippen LogP contribution in [-0.4, -0.2) is 41.0 Å². The Morgan fingerprint density at radius 2 is 2.15 bits per heavy atom. The minimum atomic E-state index is -0.478. The first-order valence-corrected chi connectivity index (χ1v) is 8.32. The largest absolute Gasteiger partial charge is 0.368 e. The van der Waals surface area contributed by atoms with E-state index in [4.69, 9.17) is 5.73 Å². The van der Waals surface area contributed by atoms with Gasteiger partial charge in [0, 0.05) is 18.1 Å². The van der Waals surface area contributed by atoms with Crippen molar-refractivity contribution in [2.75, 3.05) is 6.54 Å². The standard InChI is InChI=1S/C16H31N3O/c1-4-13-7-5-6-10-19(13)14-8-9-16(11-14,15(17)20)18-12(2)3/h12-14,18H,4-11H2,1-3H3,(H2,17,20). The molecule has 1 saturated heterocycles. The van der Waals surface area contributed by atoms with E-state index in [2.05, 4.69) is 31.0 Å². The van der Waals surface area contributed by atoms with Crippen molar-refractivity contribution in [2.24, 2.45) is 5.73 Å². The molecule has 2 fully saturated rings. The van der Waals surface area contributed by atoms with Crippen LogP contribution in [-0.2, 0) is 4.79 Å². The second-order valence-electron chi connectivity index (χ2n) is 6.94. The van der Waals surface area contributed by atoms with Gasteiger partial charge in [-0.3, -0.25) is 9.69 Å². The molecule has 1 saturated carbocycles. The molecule has 3 atom stereocenters. The highest BCUT2D eigenvalue weighted by molar-refractivity contribution is 5.85. The molecule has 20 heavy (non-hydrogen) atoms. The van der Waals surface area contributed by atoms with Crippen LogP contribution in [0.4, 0.5) is 0 Å². The summed E-state index contributed by atoms with van der Waals surface area (Å²) in [5.74, 6) is -0.168. The Morgan fingerprint density at radius 3 is 2.75 bits per heavy atom. The van der Waals surface area contributed by atoms with Crippen molar-refractivity contribution in [3.8, 4) is 0 Å². The molecule has 3 N–H and O–H groups in total. The van der Waals surface area contributed by atoms with Gasteiger partial charge in [-0.15, -0.1) is 0 Å². The van der Waals surface area contributed by atoms with Crippen LogP contribution in [0.1, 0.15) is 65.7 Å². The Bertz CT molecular complexity index is 345. The van der Waals surface area contributed by atoms with E-state index in [1.807, 2.05) is 0 Å². The molecule has 2 aliphatic rings. The average Bonchev–Trinajstić information content (AvgIpc) is 2.83. The van der Waals surface area contributed by atoms with Gasteiger partial charge in [0.2, 0.25) is 5.91 Å². The average molecular weight is 281 g/mol. The number of carbonyl (C=O) groups excluding carboxylic acids is 1. The Hall–Kier alpha value is -0.610. The number of carbonyl (C=O) groups is 1. The van der Waals surface area contributed by atoms with Crippen LogP contribution in [0.2, 0.25) is 0 Å². The summed E-state index contributed by atoms with van der Waals surface area (Å²) in [6.07, 6.45) is 8.06. The molecule has 0 bridgehead atoms. The summed E-state index contributed by atoms with van der Waals surface area (Å²) in [4.78, 5) is 14.6. The first-order valence-electron chi connectivity index (χ1n) is 8.32. The first kappa shape index (κ1) is 15.8. The zero-order valence-electron chi connectivity index (χ0n) is 13.3. The highest BCUT2D eigenvalue weighted by Crippen LogP contribution is 2.36. The molecular formula is C16H31N3O. The van der Waals surface area contributed by atoms with E-state index in [0.717, 1.165) is 19.3 Å². The summed E-state index contributed by atoms with van der Waals surface area (Å²) in [5, 5.41) is 3.46. The third-order valence-corrected chi connectivity index (χ3v) is 5.14. The van der Waals surface area contributed by atoms with Gasteiger partial charge in [-0.25, -0.2) is 0 Å². The zero-order chi connectivity index (χ0) is 14.8. The Balaban J connectivity index is 2.07. The molecule has 4 heteroatoms. The van der Waals surface area contributed by atoms with Crippen LogP contribution in [0, 0.1) is 0 Å². The number of nitrogens with one attached hydrogen (secondary N) is 1. The molecule has 0 radical (unpaired) electrons. The number of amides is 1. The smallest absolute Gasteiger partial charge is 0.237 e. The number of nitrogens with zero attached hydrogens (tertiary/aromatic N) is 1. The summed E-state index contributed by atoms with van der Waals surface area (Å²) in [6.45, 7) is 7.66. The van der Waals surface area contributed by atoms with Crippen molar-refractivity contribution in [3.05, 3.63) is 0 Å². The molecule has 0 spiro atoms. The zero-order valence-corrected chi connectivity index (χ0v) is 13.3. The third kappa shape index (κ3) is 3.17. The Morgan fingerprint density at radius 1 is 1.40 bits per heavy atom. The van der Waals surface area contributed by atoms with Gasteiger partial charge in [-0.2, -0.15) is 0 Å². The second-order valence-corrected chi connectivity index (χ2v) is 6.94. The van der Waals surface area contributed by atoms with Crippen LogP contribution in [0.15, 0.2) is 0 Å². The SMILES string of the molecule is CCC1CCCCN1C1CCC(NC(C)C)(C(N)=O)C1. The summed E-state index contributed by atoms with van der Waals surface area (Å²) in [7, 11) is 0. The van der Waals surface area contributed by atoms with Crippen molar-refractivity contribution >= 4 is 5.91 Å². The Kier molecular flexibility index (Phi) is 5.08. The van der Waals surface area contributed by atoms with Gasteiger partial charge in [0.1, 0.15) is 0 Å². The molecule has 0 aromatic rings. The van der Waals surface area contributed by atoms with E-state index < -0.39 is 5.54 Å². The second kappa shape index (κ2) is 6.44. The van der Waals surface area contributed by atoms with Crippen molar-refractivity contribution in [2.45, 2.75) is 89.4 Å². The number of hydrogen-bond donors (Lipinski definition) is 2. The number of rotatable bonds is 5. The minimum absolute atomic E-state index is 0.168. The van der Waals surface area contributed by atoms with E-state index >= 15 is 0 Å². The van der Waals surface area contributed by atoms with E-state index in [-0.39, 0.29) is 5.91 Å². The highest BCUT2D eigenvalue weighted by atomic mass is 16.1. The number of nitrogens with two attached hydrogens (primary N) is 1. The first-order chi connectivity index (χ1) is 9.48. The molecule has 1 aliphatic carbocycles. The molecule has 3 unspecified atom stereocenters. The van der Waals surface area contributed by atoms with Gasteiger partial charge >= 0.3 is 0 Å². The maximum absolute atomic E-state index is 12.0. The summed E-state index contributed by atoms with van der Waals surface area (Å²) in [5.41, 5.74) is 5.24. The van der Waals surface area contributed by atoms with Crippen LogP contribution in [0.25, 0.3) is 0 Å². The van der Waals surface area contributed by atoms with Gasteiger partial charge in [0.25, 0.3) is 0 Å². The fraction of sp³-hybridized carbons (Fsp3) is 0.938. The van der Waals surface area contributed by atoms with Gasteiger partial charge in [-0.1, -0.05) is 13.3 Å². The summed E-state index contributed by atoms with van der Waals surface area (Å²) >= 11 is 0. The monoisotopic (exact) mass is 281 g/mol. The lowest BCUT2D eigenvalue weighted by atomic mass is 9.93. The third-order valence-electron chi connectivity index (χ3n) is 5.14. The van der Waals surface area contributed by atoms with Gasteiger partial charge in [0.05, 0.1) is 5.54 Å². The van der Waals surface area contributed by atoms with Crippen molar-refractivity contribution in [1.82, 2.24) is 10.2 Å². The fourth-order valence-corrected chi connectivity index (χ4v) is 4.22. The van der Waals surface area contributed by atoms with Crippen molar-refractivity contribution in [1.29, 1.82) is 0 Å². The van der Waals surface area contributed by atoms with Gasteiger partial charge in [0.15, 0.2) is 0 Å². The maximum atomic E-state index is 12.0. The molecular weight excluding hydrogens is 250 g/mol. The molecule has 1 aliphatic heterocycles. The van der Waals surface area contributed by atoms with Crippen LogP contribution in [0.5, 0.6) is 0 Å². The number of primary amides is 1. The van der Waals surface area contributed by atoms with Gasteiger partial charge < -0.3 is 11.1 Å². The van der Waals surface area contributed by atoms with E-state index in [0.29, 0.717) is 18.1 Å². The lowest BCUT2D eigenvalue weighted by Gasteiger charge is -2.40. The molecule has 116 valence electrons. The topological polar surface area (TPSA) is 58.4 Å². The van der Waals surface area contributed by atoms with Crippen LogP contribution < -0.4 is 11.1 Å². The molecule has 2 rings (SSSR count). The van der Waals surface area contributed by atoms with E-state index in [1.54, 1.807) is 0 Å². The number of likely N-dealkylation sites (tertiary alicyclic amines) is 1. The quantitative estimate of drug-likeness (QED) is 0.810. The summed E-state index contributed by atoms with van der Waals surface area (Å²) < 4.78 is 0. The lowest BCUT2D eigenvalue weighted by molar-refractivity contribution is -0.124.